The molecule has 88 valence electrons. The molecule has 0 aliphatic heterocycles. The summed E-state index contributed by atoms with van der Waals surface area (Å²) in [6, 6.07) is 0. The van der Waals surface area contributed by atoms with Crippen LogP contribution in [-0.4, -0.2) is 0 Å². The van der Waals surface area contributed by atoms with Crippen molar-refractivity contribution in [3.8, 4) is 0 Å². The summed E-state index contributed by atoms with van der Waals surface area (Å²) in [4.78, 5) is 0. The lowest BCUT2D eigenvalue weighted by molar-refractivity contribution is 0.205. The molecule has 0 N–H and O–H groups in total. The zero-order chi connectivity index (χ0) is 11.3. The van der Waals surface area contributed by atoms with E-state index in [1.165, 1.54) is 38.5 Å². The second-order valence-corrected chi connectivity index (χ2v) is 5.57. The minimum atomic E-state index is 0.754. The van der Waals surface area contributed by atoms with Crippen LogP contribution in [0.4, 0.5) is 0 Å². The molecule has 0 saturated heterocycles. The van der Waals surface area contributed by atoms with Crippen molar-refractivity contribution in [3.05, 3.63) is 12.2 Å². The van der Waals surface area contributed by atoms with Crippen molar-refractivity contribution in [1.29, 1.82) is 0 Å². The molecule has 0 spiro atoms. The van der Waals surface area contributed by atoms with E-state index < -0.39 is 0 Å². The molecule has 0 bridgehead atoms. The molecule has 1 saturated carbocycles. The maximum absolute atomic E-state index is 2.41. The van der Waals surface area contributed by atoms with Crippen LogP contribution in [0.3, 0.4) is 0 Å². The van der Waals surface area contributed by atoms with Gasteiger partial charge in [0.05, 0.1) is 0 Å². The Kier molecular flexibility index (Phi) is 4.89. The molecule has 0 heterocycles. The van der Waals surface area contributed by atoms with E-state index in [9.17, 15) is 0 Å². The maximum atomic E-state index is 2.41. The zero-order valence-electron chi connectivity index (χ0n) is 11.1. The third-order valence-electron chi connectivity index (χ3n) is 4.31. The highest BCUT2D eigenvalue weighted by atomic mass is 14.5. The number of unbranched alkanes of at least 4 members (excludes halogenated alkanes) is 1. The van der Waals surface area contributed by atoms with E-state index in [1.54, 1.807) is 0 Å². The number of hydrogen-bond donors (Lipinski definition) is 0. The maximum Gasteiger partial charge on any atom is -0.0269 e. The summed E-state index contributed by atoms with van der Waals surface area (Å²) in [5.41, 5.74) is 0.754. The van der Waals surface area contributed by atoms with Crippen molar-refractivity contribution >= 4 is 0 Å². The molecule has 1 fully saturated rings. The fourth-order valence-electron chi connectivity index (χ4n) is 3.12. The smallest absolute Gasteiger partial charge is 0.0269 e. The van der Waals surface area contributed by atoms with E-state index in [-0.39, 0.29) is 0 Å². The van der Waals surface area contributed by atoms with Crippen LogP contribution in [0.15, 0.2) is 12.2 Å². The Balaban J connectivity index is 2.38. The minimum Gasteiger partial charge on any atom is -0.0917 e. The van der Waals surface area contributed by atoms with E-state index in [1.807, 2.05) is 0 Å². The average Bonchev–Trinajstić information content (AvgIpc) is 2.98. The van der Waals surface area contributed by atoms with Crippen LogP contribution in [0.5, 0.6) is 0 Å². The van der Waals surface area contributed by atoms with Crippen LogP contribution in [0.25, 0.3) is 0 Å². The third-order valence-corrected chi connectivity index (χ3v) is 4.31. The normalized spacial score (nSPS) is 21.1. The molecule has 1 aliphatic carbocycles. The average molecular weight is 208 g/mol. The van der Waals surface area contributed by atoms with Crippen LogP contribution in [0, 0.1) is 17.3 Å². The van der Waals surface area contributed by atoms with Crippen LogP contribution in [-0.2, 0) is 0 Å². The van der Waals surface area contributed by atoms with E-state index in [4.69, 9.17) is 0 Å². The van der Waals surface area contributed by atoms with Crippen LogP contribution in [0.1, 0.15) is 66.2 Å². The molecule has 0 nitrogen and oxygen atoms in total. The Morgan fingerprint density at radius 1 is 1.27 bits per heavy atom. The van der Waals surface area contributed by atoms with E-state index in [2.05, 4.69) is 39.8 Å². The number of hydrogen-bond acceptors (Lipinski definition) is 0. The third kappa shape index (κ3) is 3.36. The largest absolute Gasteiger partial charge is 0.0917 e. The van der Waals surface area contributed by atoms with Crippen molar-refractivity contribution in [2.24, 2.45) is 17.3 Å². The standard InChI is InChI=1S/C15H28/c1-5-7-8-9-10-14(13(3)4)15(6-2)11-12-15/h5,7,13-14H,6,8-12H2,1-4H3/b7-5-/t14-/m0/s1. The molecule has 1 atom stereocenters. The lowest BCUT2D eigenvalue weighted by atomic mass is 9.76. The lowest BCUT2D eigenvalue weighted by Gasteiger charge is -2.29. The summed E-state index contributed by atoms with van der Waals surface area (Å²) < 4.78 is 0. The van der Waals surface area contributed by atoms with E-state index in [0.717, 1.165) is 17.3 Å². The Hall–Kier alpha value is -0.260. The summed E-state index contributed by atoms with van der Waals surface area (Å²) in [7, 11) is 0. The fourth-order valence-corrected chi connectivity index (χ4v) is 3.12. The first-order valence-corrected chi connectivity index (χ1v) is 6.77. The Labute approximate surface area is 96.2 Å². The second kappa shape index (κ2) is 5.72. The summed E-state index contributed by atoms with van der Waals surface area (Å²) >= 11 is 0. The van der Waals surface area contributed by atoms with Gasteiger partial charge in [-0.3, -0.25) is 0 Å². The first-order valence-electron chi connectivity index (χ1n) is 6.77. The quantitative estimate of drug-likeness (QED) is 0.399. The predicted molar refractivity (Wildman–Crippen MR) is 69.0 cm³/mol. The topological polar surface area (TPSA) is 0 Å². The van der Waals surface area contributed by atoms with Gasteiger partial charge in [0.15, 0.2) is 0 Å². The van der Waals surface area contributed by atoms with Gasteiger partial charge in [0.25, 0.3) is 0 Å². The van der Waals surface area contributed by atoms with E-state index >= 15 is 0 Å². The van der Waals surface area contributed by atoms with Crippen LogP contribution < -0.4 is 0 Å². The molecule has 0 aromatic carbocycles. The summed E-state index contributed by atoms with van der Waals surface area (Å²) in [5.74, 6) is 1.85. The highest BCUT2D eigenvalue weighted by Gasteiger charge is 2.47. The van der Waals surface area contributed by atoms with Gasteiger partial charge in [-0.15, -0.1) is 0 Å². The zero-order valence-corrected chi connectivity index (χ0v) is 11.1. The molecule has 0 amide bonds. The Morgan fingerprint density at radius 2 is 1.93 bits per heavy atom. The lowest BCUT2D eigenvalue weighted by Crippen LogP contribution is -2.21. The van der Waals surface area contributed by atoms with E-state index in [0.29, 0.717) is 0 Å². The molecule has 0 heteroatoms. The number of allylic oxidation sites excluding steroid dienone is 2. The summed E-state index contributed by atoms with van der Waals surface area (Å²) in [5, 5.41) is 0. The van der Waals surface area contributed by atoms with Crippen LogP contribution in [0.2, 0.25) is 0 Å². The van der Waals surface area contributed by atoms with Crippen LogP contribution >= 0.6 is 0 Å². The van der Waals surface area contributed by atoms with Gasteiger partial charge in [0, 0.05) is 0 Å². The molecule has 0 aromatic rings. The highest BCUT2D eigenvalue weighted by molar-refractivity contribution is 4.98. The van der Waals surface area contributed by atoms with Gasteiger partial charge in [-0.25, -0.2) is 0 Å². The SMILES string of the molecule is C/C=C\CCC[C@@H](C(C)C)C1(CC)CC1. The molecule has 0 aromatic heterocycles. The molecule has 0 unspecified atom stereocenters. The second-order valence-electron chi connectivity index (χ2n) is 5.57. The van der Waals surface area contributed by atoms with Gasteiger partial charge < -0.3 is 0 Å². The van der Waals surface area contributed by atoms with Gasteiger partial charge >= 0.3 is 0 Å². The first-order chi connectivity index (χ1) is 7.16. The van der Waals surface area contributed by atoms with Gasteiger partial charge in [0.2, 0.25) is 0 Å². The fraction of sp³-hybridized carbons (Fsp3) is 0.867. The molecule has 1 aliphatic rings. The van der Waals surface area contributed by atoms with Gasteiger partial charge in [-0.05, 0) is 56.3 Å². The molecule has 0 radical (unpaired) electrons. The molecule has 1 rings (SSSR count). The highest BCUT2D eigenvalue weighted by Crippen LogP contribution is 2.58. The molecular formula is C15H28. The van der Waals surface area contributed by atoms with Crippen molar-refractivity contribution in [2.75, 3.05) is 0 Å². The monoisotopic (exact) mass is 208 g/mol. The Morgan fingerprint density at radius 3 is 2.33 bits per heavy atom. The summed E-state index contributed by atoms with van der Waals surface area (Å²) in [6.07, 6.45) is 13.0. The number of rotatable bonds is 7. The minimum absolute atomic E-state index is 0.754. The molecular weight excluding hydrogens is 180 g/mol. The van der Waals surface area contributed by atoms with Gasteiger partial charge in [-0.1, -0.05) is 39.3 Å². The van der Waals surface area contributed by atoms with Crippen molar-refractivity contribution in [3.63, 3.8) is 0 Å². The first kappa shape index (κ1) is 12.8. The van der Waals surface area contributed by atoms with Crippen molar-refractivity contribution in [2.45, 2.75) is 66.2 Å². The predicted octanol–water partition coefficient (Wildman–Crippen LogP) is 5.20. The van der Waals surface area contributed by atoms with Gasteiger partial charge in [0.1, 0.15) is 0 Å². The van der Waals surface area contributed by atoms with Crippen molar-refractivity contribution < 1.29 is 0 Å². The Bertz CT molecular complexity index is 196. The summed E-state index contributed by atoms with van der Waals surface area (Å²) in [6.45, 7) is 9.33. The molecule has 15 heavy (non-hydrogen) atoms. The van der Waals surface area contributed by atoms with Crippen molar-refractivity contribution in [1.82, 2.24) is 0 Å². The van der Waals surface area contributed by atoms with Gasteiger partial charge in [-0.2, -0.15) is 0 Å².